The van der Waals surface area contributed by atoms with Crippen molar-refractivity contribution in [2.75, 3.05) is 24.2 Å². The predicted molar refractivity (Wildman–Crippen MR) is 156 cm³/mol. The number of amides is 1. The molecule has 238 valence electrons. The van der Waals surface area contributed by atoms with Gasteiger partial charge in [-0.05, 0) is 49.4 Å². The first-order valence-corrected chi connectivity index (χ1v) is 16.0. The Morgan fingerprint density at radius 1 is 1.25 bits per heavy atom. The Morgan fingerprint density at radius 2 is 1.98 bits per heavy atom. The van der Waals surface area contributed by atoms with E-state index in [4.69, 9.17) is 17.3 Å². The molecule has 3 aromatic rings. The fraction of sp³-hybridized carbons (Fsp3) is 0.464. The first kappa shape index (κ1) is 32.3. The number of piperazine rings is 1. The number of aromatic nitrogens is 3. The van der Waals surface area contributed by atoms with Gasteiger partial charge >= 0.3 is 6.18 Å². The van der Waals surface area contributed by atoms with E-state index in [-0.39, 0.29) is 41.6 Å². The van der Waals surface area contributed by atoms with Gasteiger partial charge in [0.25, 0.3) is 0 Å². The minimum absolute atomic E-state index is 0.0293. The number of nitrogens with two attached hydrogens (primary N) is 1. The molecule has 16 heteroatoms. The van der Waals surface area contributed by atoms with Crippen LogP contribution in [0.4, 0.5) is 23.2 Å². The lowest BCUT2D eigenvalue weighted by Crippen LogP contribution is -2.57. The van der Waals surface area contributed by atoms with Gasteiger partial charge in [0.1, 0.15) is 5.82 Å². The zero-order valence-corrected chi connectivity index (χ0v) is 25.3. The molecule has 2 bridgehead atoms. The maximum atomic E-state index is 15.1. The maximum Gasteiger partial charge on any atom is 0.435 e. The SMILES string of the molecule is Cn1nc(C(F)(F)F)cc1[C@H](c1ccc(Cl)cc1)[C@H](N)C(=O)Nc1cncc(F)c1CC[C@H]1CN[C@@H]2CCCS(=O)(=O)N1C2. The van der Waals surface area contributed by atoms with Crippen LogP contribution >= 0.6 is 11.6 Å². The summed E-state index contributed by atoms with van der Waals surface area (Å²) in [6.45, 7) is 0.761. The van der Waals surface area contributed by atoms with Crippen molar-refractivity contribution in [3.05, 3.63) is 76.1 Å². The number of fused-ring (bicyclic) bond motifs is 2. The van der Waals surface area contributed by atoms with Gasteiger partial charge in [-0.25, -0.2) is 12.8 Å². The first-order valence-electron chi connectivity index (χ1n) is 14.0. The molecular formula is C28H32ClF4N7O3S. The molecule has 0 radical (unpaired) electrons. The number of pyridine rings is 1. The molecule has 0 saturated carbocycles. The summed E-state index contributed by atoms with van der Waals surface area (Å²) in [6, 6.07) is 5.21. The standard InChI is InChI=1S/C28H32ClF4N7O3S/c1-39-23(11-24(38-39)28(31,32)33)25(16-4-6-17(29)7-5-16)26(34)27(41)37-22-14-35-13-21(30)20(22)9-8-19-12-36-18-3-2-10-44(42,43)40(19)15-18/h4-7,11,13-14,18-19,25-26,36H,2-3,8-10,12,15,34H2,1H3,(H,37,41)/t18-,19+,25+,26+/m1/s1. The van der Waals surface area contributed by atoms with Crippen LogP contribution in [0.5, 0.6) is 0 Å². The Hall–Kier alpha value is -3.11. The van der Waals surface area contributed by atoms with Crippen molar-refractivity contribution in [2.24, 2.45) is 12.8 Å². The fourth-order valence-electron chi connectivity index (χ4n) is 5.89. The number of halogens is 5. The van der Waals surface area contributed by atoms with Crippen LogP contribution in [0.1, 0.15) is 47.7 Å². The molecule has 2 fully saturated rings. The maximum absolute atomic E-state index is 15.1. The molecule has 1 amide bonds. The quantitative estimate of drug-likeness (QED) is 0.316. The van der Waals surface area contributed by atoms with Crippen LogP contribution in [0.25, 0.3) is 0 Å². The summed E-state index contributed by atoms with van der Waals surface area (Å²) in [5.74, 6) is -2.53. The van der Waals surface area contributed by atoms with Crippen molar-refractivity contribution < 1.29 is 30.8 Å². The monoisotopic (exact) mass is 657 g/mol. The van der Waals surface area contributed by atoms with Crippen molar-refractivity contribution in [3.63, 3.8) is 0 Å². The molecule has 44 heavy (non-hydrogen) atoms. The molecule has 2 aliphatic heterocycles. The van der Waals surface area contributed by atoms with Crippen molar-refractivity contribution >= 4 is 33.2 Å². The highest BCUT2D eigenvalue weighted by Crippen LogP contribution is 2.35. The summed E-state index contributed by atoms with van der Waals surface area (Å²) in [7, 11) is -2.14. The second-order valence-electron chi connectivity index (χ2n) is 11.1. The molecule has 10 nitrogen and oxygen atoms in total. The van der Waals surface area contributed by atoms with Crippen molar-refractivity contribution in [1.82, 2.24) is 24.4 Å². The van der Waals surface area contributed by atoms with E-state index in [9.17, 15) is 26.4 Å². The van der Waals surface area contributed by atoms with E-state index in [1.54, 1.807) is 12.1 Å². The number of carbonyl (C=O) groups excluding carboxylic acids is 1. The van der Waals surface area contributed by atoms with Crippen LogP contribution < -0.4 is 16.4 Å². The summed E-state index contributed by atoms with van der Waals surface area (Å²) < 4.78 is 83.8. The lowest BCUT2D eigenvalue weighted by atomic mass is 9.88. The Balaban J connectivity index is 1.39. The number of aryl methyl sites for hydroxylation is 1. The average molecular weight is 658 g/mol. The highest BCUT2D eigenvalue weighted by molar-refractivity contribution is 7.89. The molecule has 5 rings (SSSR count). The number of alkyl halides is 3. The third-order valence-electron chi connectivity index (χ3n) is 8.17. The highest BCUT2D eigenvalue weighted by Gasteiger charge is 2.39. The molecule has 5 atom stereocenters. The zero-order valence-electron chi connectivity index (χ0n) is 23.7. The minimum Gasteiger partial charge on any atom is -0.323 e. The van der Waals surface area contributed by atoms with Crippen molar-refractivity contribution in [2.45, 2.75) is 55.9 Å². The van der Waals surface area contributed by atoms with E-state index in [1.807, 2.05) is 0 Å². The van der Waals surface area contributed by atoms with E-state index < -0.39 is 51.6 Å². The van der Waals surface area contributed by atoms with Gasteiger partial charge in [0.2, 0.25) is 15.9 Å². The normalized spacial score (nSPS) is 23.0. The topological polar surface area (TPSA) is 135 Å². The minimum atomic E-state index is -4.73. The molecular weight excluding hydrogens is 626 g/mol. The van der Waals surface area contributed by atoms with Gasteiger partial charge in [-0.15, -0.1) is 0 Å². The second-order valence-corrected chi connectivity index (χ2v) is 13.6. The number of nitrogens with zero attached hydrogens (tertiary/aromatic N) is 4. The average Bonchev–Trinajstić information content (AvgIpc) is 3.30. The summed E-state index contributed by atoms with van der Waals surface area (Å²) in [5, 5.41) is 9.92. The molecule has 2 aromatic heterocycles. The van der Waals surface area contributed by atoms with E-state index >= 15 is 4.39 Å². The largest absolute Gasteiger partial charge is 0.435 e. The molecule has 1 unspecified atom stereocenters. The predicted octanol–water partition coefficient (Wildman–Crippen LogP) is 3.42. The van der Waals surface area contributed by atoms with Crippen molar-refractivity contribution in [1.29, 1.82) is 0 Å². The number of carbonyl (C=O) groups is 1. The summed E-state index contributed by atoms with van der Waals surface area (Å²) in [5.41, 5.74) is 5.85. The number of benzene rings is 1. The molecule has 1 aromatic carbocycles. The van der Waals surface area contributed by atoms with E-state index in [0.29, 0.717) is 30.1 Å². The lowest BCUT2D eigenvalue weighted by molar-refractivity contribution is -0.141. The first-order chi connectivity index (χ1) is 20.7. The number of sulfonamides is 1. The van der Waals surface area contributed by atoms with Crippen LogP contribution in [-0.4, -0.2) is 70.4 Å². The van der Waals surface area contributed by atoms with Crippen LogP contribution in [-0.2, 0) is 34.5 Å². The molecule has 0 aliphatic carbocycles. The van der Waals surface area contributed by atoms with Crippen LogP contribution in [0, 0.1) is 5.82 Å². The Labute approximate surface area is 257 Å². The molecule has 4 heterocycles. The van der Waals surface area contributed by atoms with Crippen LogP contribution in [0.2, 0.25) is 5.02 Å². The number of anilines is 1. The lowest BCUT2D eigenvalue weighted by Gasteiger charge is -2.37. The van der Waals surface area contributed by atoms with Gasteiger partial charge in [0.05, 0.1) is 35.8 Å². The number of nitrogens with one attached hydrogen (secondary N) is 2. The van der Waals surface area contributed by atoms with Crippen LogP contribution in [0.15, 0.2) is 42.7 Å². The van der Waals surface area contributed by atoms with Gasteiger partial charge < -0.3 is 16.4 Å². The summed E-state index contributed by atoms with van der Waals surface area (Å²) in [6.07, 6.45) is -0.803. The number of rotatable bonds is 8. The third kappa shape index (κ3) is 6.91. The van der Waals surface area contributed by atoms with E-state index in [2.05, 4.69) is 20.7 Å². The van der Waals surface area contributed by atoms with Gasteiger partial charge in [-0.1, -0.05) is 23.7 Å². The molecule has 0 spiro atoms. The molecule has 2 saturated heterocycles. The van der Waals surface area contributed by atoms with Crippen LogP contribution in [0.3, 0.4) is 0 Å². The number of hydrogen-bond donors (Lipinski definition) is 3. The Morgan fingerprint density at radius 3 is 2.66 bits per heavy atom. The van der Waals surface area contributed by atoms with E-state index in [1.165, 1.54) is 29.7 Å². The second kappa shape index (κ2) is 12.7. The van der Waals surface area contributed by atoms with Gasteiger partial charge in [0, 0.05) is 48.5 Å². The summed E-state index contributed by atoms with van der Waals surface area (Å²) in [4.78, 5) is 17.4. The van der Waals surface area contributed by atoms with Gasteiger partial charge in [-0.3, -0.25) is 14.5 Å². The summed E-state index contributed by atoms with van der Waals surface area (Å²) >= 11 is 6.02. The molecule has 2 aliphatic rings. The molecule has 4 N–H and O–H groups in total. The fourth-order valence-corrected chi connectivity index (χ4v) is 7.82. The van der Waals surface area contributed by atoms with Gasteiger partial charge in [0.15, 0.2) is 5.69 Å². The zero-order chi connectivity index (χ0) is 31.8. The Bertz CT molecular complexity index is 1620. The number of hydrogen-bond acceptors (Lipinski definition) is 7. The smallest absolute Gasteiger partial charge is 0.323 e. The van der Waals surface area contributed by atoms with Gasteiger partial charge in [-0.2, -0.15) is 22.6 Å². The van der Waals surface area contributed by atoms with Crippen molar-refractivity contribution in [3.8, 4) is 0 Å². The Kier molecular flexibility index (Phi) is 9.33. The van der Waals surface area contributed by atoms with E-state index in [0.717, 1.165) is 23.4 Å². The highest BCUT2D eigenvalue weighted by atomic mass is 35.5. The third-order valence-corrected chi connectivity index (χ3v) is 10.4.